The second-order valence-corrected chi connectivity index (χ2v) is 13.0. The predicted octanol–water partition coefficient (Wildman–Crippen LogP) is 8.12. The van der Waals surface area contributed by atoms with Crippen LogP contribution in [0.1, 0.15) is 77.3 Å². The number of carbonyl (C=O) groups is 1. The van der Waals surface area contributed by atoms with Crippen LogP contribution in [-0.2, 0) is 4.74 Å². The summed E-state index contributed by atoms with van der Waals surface area (Å²) in [6, 6.07) is 12.6. The van der Waals surface area contributed by atoms with Gasteiger partial charge >= 0.3 is 6.09 Å². The molecule has 5 rings (SSSR count). The van der Waals surface area contributed by atoms with Crippen LogP contribution in [0.2, 0.25) is 0 Å². The largest absolute Gasteiger partial charge is 0.490 e. The molecule has 1 aromatic heterocycles. The van der Waals surface area contributed by atoms with Gasteiger partial charge in [0.05, 0.1) is 30.8 Å². The minimum absolute atomic E-state index is 0.0622. The molecule has 3 aromatic rings. The molecule has 1 amide bonds. The third kappa shape index (κ3) is 16.1. The van der Waals surface area contributed by atoms with E-state index in [0.29, 0.717) is 18.3 Å². The number of rotatable bonds is 8. The van der Waals surface area contributed by atoms with E-state index in [-0.39, 0.29) is 29.7 Å². The van der Waals surface area contributed by atoms with Crippen molar-refractivity contribution in [1.29, 1.82) is 0 Å². The van der Waals surface area contributed by atoms with Gasteiger partial charge in [-0.1, -0.05) is 37.6 Å². The second-order valence-electron chi connectivity index (χ2n) is 12.4. The van der Waals surface area contributed by atoms with Crippen molar-refractivity contribution >= 4 is 29.8 Å². The van der Waals surface area contributed by atoms with Gasteiger partial charge in [-0.2, -0.15) is 0 Å². The SMILES string of the molecule is CC.CC(C)OC(=O)N1CCC(CCCOc2cnc(N3CCCC(N)C3)nc2)CC1.Cc1ccc(F)c(N)c1.Cc1ccc(SO)cc1. The van der Waals surface area contributed by atoms with E-state index in [0.717, 1.165) is 93.2 Å². The van der Waals surface area contributed by atoms with Crippen molar-refractivity contribution in [1.82, 2.24) is 14.9 Å². The zero-order valence-electron chi connectivity index (χ0n) is 30.1. The monoisotopic (exact) mass is 700 g/mol. The number of aryl methyl sites for hydroxylation is 2. The van der Waals surface area contributed by atoms with Gasteiger partial charge < -0.3 is 35.3 Å². The number of nitrogens with two attached hydrogens (primary N) is 2. The third-order valence-corrected chi connectivity index (χ3v) is 8.35. The van der Waals surface area contributed by atoms with Gasteiger partial charge in [-0.3, -0.25) is 0 Å². The molecule has 2 aromatic carbocycles. The van der Waals surface area contributed by atoms with E-state index in [4.69, 9.17) is 25.5 Å². The molecule has 12 heteroatoms. The molecular formula is C37H57FN6O4S. The normalized spacial score (nSPS) is 15.9. The van der Waals surface area contributed by atoms with E-state index in [1.807, 2.05) is 70.7 Å². The van der Waals surface area contributed by atoms with E-state index >= 15 is 0 Å². The maximum absolute atomic E-state index is 12.4. The average Bonchev–Trinajstić information content (AvgIpc) is 3.10. The van der Waals surface area contributed by atoms with Gasteiger partial charge in [0.25, 0.3) is 0 Å². The second kappa shape index (κ2) is 22.9. The number of piperidine rings is 2. The lowest BCUT2D eigenvalue weighted by Crippen LogP contribution is -2.43. The van der Waals surface area contributed by atoms with Crippen LogP contribution < -0.4 is 21.1 Å². The van der Waals surface area contributed by atoms with E-state index < -0.39 is 0 Å². The Labute approximate surface area is 297 Å². The minimum atomic E-state index is -0.347. The molecule has 1 unspecified atom stereocenters. The topological polar surface area (TPSA) is 140 Å². The summed E-state index contributed by atoms with van der Waals surface area (Å²) in [6.45, 7) is 15.7. The number of halogens is 1. The lowest BCUT2D eigenvalue weighted by atomic mass is 9.92. The van der Waals surface area contributed by atoms with Gasteiger partial charge in [0.2, 0.25) is 5.95 Å². The first-order valence-electron chi connectivity index (χ1n) is 17.3. The quantitative estimate of drug-likeness (QED) is 0.120. The van der Waals surface area contributed by atoms with Crippen LogP contribution >= 0.6 is 12.0 Å². The van der Waals surface area contributed by atoms with E-state index in [1.54, 1.807) is 24.5 Å². The Kier molecular flexibility index (Phi) is 19.4. The third-order valence-electron chi connectivity index (χ3n) is 7.87. The summed E-state index contributed by atoms with van der Waals surface area (Å²) >= 11 is 0.777. The molecule has 2 fully saturated rings. The first kappa shape index (κ1) is 41.6. The van der Waals surface area contributed by atoms with Gasteiger partial charge in [-0.05, 0) is 102 Å². The molecule has 272 valence electrons. The van der Waals surface area contributed by atoms with Gasteiger partial charge in [-0.25, -0.2) is 19.2 Å². The lowest BCUT2D eigenvalue weighted by molar-refractivity contribution is 0.0643. The van der Waals surface area contributed by atoms with Gasteiger partial charge in [0.1, 0.15) is 5.82 Å². The molecule has 5 N–H and O–H groups in total. The fourth-order valence-corrected chi connectivity index (χ4v) is 5.50. The van der Waals surface area contributed by atoms with Crippen molar-refractivity contribution in [2.45, 2.75) is 97.1 Å². The number of anilines is 2. The van der Waals surface area contributed by atoms with Crippen LogP contribution in [0.25, 0.3) is 0 Å². The highest BCUT2D eigenvalue weighted by atomic mass is 32.2. The fraction of sp³-hybridized carbons (Fsp3) is 0.541. The maximum atomic E-state index is 12.4. The van der Waals surface area contributed by atoms with E-state index in [2.05, 4.69) is 14.9 Å². The fourth-order valence-electron chi connectivity index (χ4n) is 5.24. The molecule has 10 nitrogen and oxygen atoms in total. The number of hydrogen-bond acceptors (Lipinski definition) is 10. The van der Waals surface area contributed by atoms with Gasteiger partial charge in [0, 0.05) is 49.2 Å². The summed E-state index contributed by atoms with van der Waals surface area (Å²) in [6.07, 6.45) is 9.57. The van der Waals surface area contributed by atoms with Crippen LogP contribution in [-0.4, -0.2) is 70.4 Å². The molecule has 1 atom stereocenters. The van der Waals surface area contributed by atoms with Gasteiger partial charge in [0.15, 0.2) is 5.75 Å². The Balaban J connectivity index is 0.000000337. The molecule has 49 heavy (non-hydrogen) atoms. The Hall–Kier alpha value is -3.61. The van der Waals surface area contributed by atoms with Crippen molar-refractivity contribution < 1.29 is 23.2 Å². The summed E-state index contributed by atoms with van der Waals surface area (Å²) in [5, 5.41) is 0. The molecule has 0 aliphatic carbocycles. The van der Waals surface area contributed by atoms with Crippen molar-refractivity contribution in [2.75, 3.05) is 43.4 Å². The highest BCUT2D eigenvalue weighted by Gasteiger charge is 2.24. The van der Waals surface area contributed by atoms with Crippen LogP contribution in [0.15, 0.2) is 59.8 Å². The molecule has 0 bridgehead atoms. The van der Waals surface area contributed by atoms with Crippen LogP contribution in [0.5, 0.6) is 5.75 Å². The van der Waals surface area contributed by atoms with Crippen molar-refractivity contribution in [3.05, 3.63) is 71.8 Å². The van der Waals surface area contributed by atoms with Gasteiger partial charge in [-0.15, -0.1) is 0 Å². The van der Waals surface area contributed by atoms with Crippen molar-refractivity contribution in [2.24, 2.45) is 11.7 Å². The molecule has 0 saturated carbocycles. The summed E-state index contributed by atoms with van der Waals surface area (Å²) < 4.78 is 32.0. The summed E-state index contributed by atoms with van der Waals surface area (Å²) in [4.78, 5) is 25.7. The van der Waals surface area contributed by atoms with Crippen molar-refractivity contribution in [3.63, 3.8) is 0 Å². The Morgan fingerprint density at radius 3 is 2.20 bits per heavy atom. The first-order chi connectivity index (χ1) is 23.5. The first-order valence-corrected chi connectivity index (χ1v) is 18.1. The average molecular weight is 701 g/mol. The highest BCUT2D eigenvalue weighted by molar-refractivity contribution is 7.93. The number of likely N-dealkylation sites (tertiary alicyclic amines) is 1. The van der Waals surface area contributed by atoms with E-state index in [1.165, 1.54) is 11.6 Å². The number of hydrogen-bond donors (Lipinski definition) is 3. The predicted molar refractivity (Wildman–Crippen MR) is 199 cm³/mol. The summed E-state index contributed by atoms with van der Waals surface area (Å²) in [5.74, 6) is 1.74. The van der Waals surface area contributed by atoms with Crippen LogP contribution in [0.3, 0.4) is 0 Å². The summed E-state index contributed by atoms with van der Waals surface area (Å²) in [5.41, 5.74) is 13.7. The smallest absolute Gasteiger partial charge is 0.410 e. The summed E-state index contributed by atoms with van der Waals surface area (Å²) in [7, 11) is 0. The number of ether oxygens (including phenoxy) is 2. The zero-order chi connectivity index (χ0) is 36.2. The Morgan fingerprint density at radius 1 is 1.02 bits per heavy atom. The molecule has 2 saturated heterocycles. The standard InChI is InChI=1S/C21H35N5O3.C7H8FN.C7H8OS.C2H6/c1-16(2)29-21(27)25-10-7-17(8-11-25)5-4-12-28-19-13-23-20(24-14-19)26-9-3-6-18(22)15-26;1-5-2-3-6(8)7(9)4-5;1-6-2-4-7(9-8)5-3-6;1-2/h13-14,16-18H,3-12,15,22H2,1-2H3;2-4H,9H2,1H3;2-5,8H,1H3;1-2H3. The number of carbonyl (C=O) groups excluding carboxylic acids is 1. The molecular weight excluding hydrogens is 644 g/mol. The number of aromatic nitrogens is 2. The Morgan fingerprint density at radius 2 is 1.65 bits per heavy atom. The van der Waals surface area contributed by atoms with Crippen molar-refractivity contribution in [3.8, 4) is 5.75 Å². The molecule has 3 heterocycles. The van der Waals surface area contributed by atoms with E-state index in [9.17, 15) is 9.18 Å². The molecule has 0 spiro atoms. The minimum Gasteiger partial charge on any atom is -0.490 e. The zero-order valence-corrected chi connectivity index (χ0v) is 30.9. The lowest BCUT2D eigenvalue weighted by Gasteiger charge is -2.31. The molecule has 2 aliphatic heterocycles. The number of nitrogens with zero attached hydrogens (tertiary/aromatic N) is 4. The Bertz CT molecular complexity index is 1340. The number of amides is 1. The molecule has 2 aliphatic rings. The number of benzene rings is 2. The highest BCUT2D eigenvalue weighted by Crippen LogP contribution is 2.23. The molecule has 0 radical (unpaired) electrons. The maximum Gasteiger partial charge on any atom is 0.410 e. The van der Waals surface area contributed by atoms with Crippen LogP contribution in [0.4, 0.5) is 20.8 Å². The number of nitrogen functional groups attached to an aromatic ring is 1. The van der Waals surface area contributed by atoms with Crippen LogP contribution in [0, 0.1) is 25.6 Å².